The number of esters is 2. The summed E-state index contributed by atoms with van der Waals surface area (Å²) in [5.41, 5.74) is 1.11. The molecule has 0 fully saturated rings. The number of amides is 1. The quantitative estimate of drug-likeness (QED) is 0.801. The van der Waals surface area contributed by atoms with Crippen LogP contribution in [0.25, 0.3) is 0 Å². The van der Waals surface area contributed by atoms with Crippen molar-refractivity contribution in [3.63, 3.8) is 0 Å². The van der Waals surface area contributed by atoms with Gasteiger partial charge in [0.25, 0.3) is 0 Å². The summed E-state index contributed by atoms with van der Waals surface area (Å²) >= 11 is 5.96. The molecule has 0 saturated carbocycles. The first kappa shape index (κ1) is 19.5. The maximum Gasteiger partial charge on any atom is 0.337 e. The van der Waals surface area contributed by atoms with Gasteiger partial charge in [0, 0.05) is 5.69 Å². The minimum absolute atomic E-state index is 0.108. The number of methoxy groups -OCH3 is 2. The molecule has 1 N–H and O–H groups in total. The van der Waals surface area contributed by atoms with Crippen LogP contribution in [-0.2, 0) is 14.3 Å². The van der Waals surface area contributed by atoms with Gasteiger partial charge in [0.1, 0.15) is 6.04 Å². The lowest BCUT2D eigenvalue weighted by atomic mass is 10.1. The zero-order chi connectivity index (χ0) is 19.4. The summed E-state index contributed by atoms with van der Waals surface area (Å²) in [5, 5.41) is 7.18. The predicted octanol–water partition coefficient (Wildman–Crippen LogP) is 2.62. The molecular formula is C17H18ClN3O5. The number of aromatic nitrogens is 2. The van der Waals surface area contributed by atoms with Gasteiger partial charge in [-0.1, -0.05) is 11.6 Å². The molecule has 1 amide bonds. The number of halogens is 1. The van der Waals surface area contributed by atoms with Crippen LogP contribution >= 0.6 is 11.6 Å². The second kappa shape index (κ2) is 8.01. The van der Waals surface area contributed by atoms with E-state index < -0.39 is 23.9 Å². The summed E-state index contributed by atoms with van der Waals surface area (Å²) in [6, 6.07) is 3.48. The molecule has 1 atom stereocenters. The molecule has 0 radical (unpaired) electrons. The fraction of sp³-hybridized carbons (Fsp3) is 0.294. The van der Waals surface area contributed by atoms with Crippen LogP contribution in [0.2, 0.25) is 5.02 Å². The first-order valence-corrected chi connectivity index (χ1v) is 7.98. The smallest absolute Gasteiger partial charge is 0.337 e. The molecule has 138 valence electrons. The van der Waals surface area contributed by atoms with Gasteiger partial charge in [-0.2, -0.15) is 5.10 Å². The Bertz CT molecular complexity index is 828. The van der Waals surface area contributed by atoms with E-state index in [9.17, 15) is 14.4 Å². The van der Waals surface area contributed by atoms with E-state index in [4.69, 9.17) is 11.6 Å². The highest BCUT2D eigenvalue weighted by Gasteiger charge is 2.20. The third kappa shape index (κ3) is 4.02. The summed E-state index contributed by atoms with van der Waals surface area (Å²) in [5.74, 6) is -1.69. The number of nitrogens with one attached hydrogen (secondary N) is 1. The van der Waals surface area contributed by atoms with Crippen molar-refractivity contribution in [2.24, 2.45) is 0 Å². The number of hydrogen-bond acceptors (Lipinski definition) is 6. The van der Waals surface area contributed by atoms with Crippen LogP contribution < -0.4 is 5.32 Å². The third-order valence-electron chi connectivity index (χ3n) is 3.77. The van der Waals surface area contributed by atoms with Crippen LogP contribution in [0.3, 0.4) is 0 Å². The number of hydrogen-bond donors (Lipinski definition) is 1. The number of anilines is 1. The lowest BCUT2D eigenvalue weighted by molar-refractivity contribution is -0.119. The van der Waals surface area contributed by atoms with Crippen molar-refractivity contribution in [1.82, 2.24) is 9.78 Å². The van der Waals surface area contributed by atoms with E-state index in [1.54, 1.807) is 13.8 Å². The van der Waals surface area contributed by atoms with Crippen molar-refractivity contribution >= 4 is 35.1 Å². The zero-order valence-corrected chi connectivity index (χ0v) is 15.5. The highest BCUT2D eigenvalue weighted by Crippen LogP contribution is 2.21. The van der Waals surface area contributed by atoms with Gasteiger partial charge in [-0.25, -0.2) is 9.59 Å². The number of ether oxygens (including phenoxy) is 2. The Morgan fingerprint density at radius 1 is 1.12 bits per heavy atom. The Morgan fingerprint density at radius 3 is 2.08 bits per heavy atom. The van der Waals surface area contributed by atoms with E-state index in [-0.39, 0.29) is 16.8 Å². The van der Waals surface area contributed by atoms with Crippen molar-refractivity contribution in [3.05, 3.63) is 46.2 Å². The van der Waals surface area contributed by atoms with E-state index in [0.29, 0.717) is 10.7 Å². The van der Waals surface area contributed by atoms with Crippen LogP contribution in [0.4, 0.5) is 5.69 Å². The molecule has 0 spiro atoms. The Kier molecular flexibility index (Phi) is 5.99. The first-order chi connectivity index (χ1) is 12.3. The summed E-state index contributed by atoms with van der Waals surface area (Å²) in [7, 11) is 2.44. The van der Waals surface area contributed by atoms with Crippen molar-refractivity contribution < 1.29 is 23.9 Å². The van der Waals surface area contributed by atoms with E-state index in [2.05, 4.69) is 19.9 Å². The standard InChI is InChI=1S/C17H18ClN3O5/c1-9-14(18)8-19-21(9)10(2)15(22)20-13-6-11(16(23)25-3)5-12(7-13)17(24)26-4/h5-8,10H,1-4H3,(H,20,22). The van der Waals surface area contributed by atoms with E-state index >= 15 is 0 Å². The van der Waals surface area contributed by atoms with Gasteiger partial charge < -0.3 is 14.8 Å². The topological polar surface area (TPSA) is 99.5 Å². The molecule has 1 unspecified atom stereocenters. The van der Waals surface area contributed by atoms with E-state index in [0.717, 1.165) is 0 Å². The average molecular weight is 380 g/mol. The van der Waals surface area contributed by atoms with Crippen molar-refractivity contribution in [2.75, 3.05) is 19.5 Å². The molecule has 0 aliphatic heterocycles. The Morgan fingerprint density at radius 2 is 1.65 bits per heavy atom. The normalized spacial score (nSPS) is 11.6. The van der Waals surface area contributed by atoms with Crippen molar-refractivity contribution in [2.45, 2.75) is 19.9 Å². The molecule has 0 aliphatic carbocycles. The fourth-order valence-electron chi connectivity index (χ4n) is 2.32. The zero-order valence-electron chi connectivity index (χ0n) is 14.7. The molecule has 2 aromatic rings. The van der Waals surface area contributed by atoms with E-state index in [1.165, 1.54) is 43.3 Å². The number of carbonyl (C=O) groups excluding carboxylic acids is 3. The molecule has 0 aliphatic rings. The minimum atomic E-state index is -0.661. The molecule has 8 nitrogen and oxygen atoms in total. The molecule has 9 heteroatoms. The molecule has 0 bridgehead atoms. The van der Waals surface area contributed by atoms with E-state index in [1.807, 2.05) is 0 Å². The molecule has 0 saturated heterocycles. The maximum atomic E-state index is 12.5. The van der Waals surface area contributed by atoms with Crippen LogP contribution in [-0.4, -0.2) is 41.8 Å². The summed E-state index contributed by atoms with van der Waals surface area (Å²) in [4.78, 5) is 36.1. The van der Waals surface area contributed by atoms with Gasteiger partial charge in [0.05, 0.1) is 42.3 Å². The van der Waals surface area contributed by atoms with Gasteiger partial charge in [-0.3, -0.25) is 9.48 Å². The molecule has 2 rings (SSSR count). The number of nitrogens with zero attached hydrogens (tertiary/aromatic N) is 2. The molecule has 1 aromatic heterocycles. The van der Waals surface area contributed by atoms with Crippen LogP contribution in [0.15, 0.2) is 24.4 Å². The van der Waals surface area contributed by atoms with Gasteiger partial charge in [-0.05, 0) is 32.0 Å². The summed E-state index contributed by atoms with van der Waals surface area (Å²) in [6.45, 7) is 3.39. The Labute approximate surface area is 155 Å². The highest BCUT2D eigenvalue weighted by atomic mass is 35.5. The largest absolute Gasteiger partial charge is 0.465 e. The maximum absolute atomic E-state index is 12.5. The van der Waals surface area contributed by atoms with Crippen LogP contribution in [0.5, 0.6) is 0 Å². The van der Waals surface area contributed by atoms with Gasteiger partial charge >= 0.3 is 11.9 Å². The van der Waals surface area contributed by atoms with Crippen LogP contribution in [0.1, 0.15) is 39.4 Å². The van der Waals surface area contributed by atoms with Gasteiger partial charge in [0.15, 0.2) is 0 Å². The second-order valence-corrected chi connectivity index (χ2v) is 5.88. The summed E-state index contributed by atoms with van der Waals surface area (Å²) in [6.07, 6.45) is 1.45. The molecule has 26 heavy (non-hydrogen) atoms. The Hall–Kier alpha value is -2.87. The molecule has 1 aromatic carbocycles. The third-order valence-corrected chi connectivity index (χ3v) is 4.14. The lowest BCUT2D eigenvalue weighted by Gasteiger charge is -2.15. The molecule has 1 heterocycles. The summed E-state index contributed by atoms with van der Waals surface area (Å²) < 4.78 is 10.8. The SMILES string of the molecule is COC(=O)c1cc(NC(=O)C(C)n2ncc(Cl)c2C)cc(C(=O)OC)c1. The number of benzene rings is 1. The highest BCUT2D eigenvalue weighted by molar-refractivity contribution is 6.31. The average Bonchev–Trinajstić information content (AvgIpc) is 2.98. The predicted molar refractivity (Wildman–Crippen MR) is 94.4 cm³/mol. The van der Waals surface area contributed by atoms with Crippen molar-refractivity contribution in [1.29, 1.82) is 0 Å². The minimum Gasteiger partial charge on any atom is -0.465 e. The van der Waals surface area contributed by atoms with Gasteiger partial charge in [-0.15, -0.1) is 0 Å². The van der Waals surface area contributed by atoms with Crippen LogP contribution in [0, 0.1) is 6.92 Å². The lowest BCUT2D eigenvalue weighted by Crippen LogP contribution is -2.25. The Balaban J connectivity index is 2.32. The fourth-order valence-corrected chi connectivity index (χ4v) is 2.45. The monoisotopic (exact) mass is 379 g/mol. The second-order valence-electron chi connectivity index (χ2n) is 5.47. The molecular weight excluding hydrogens is 362 g/mol. The number of rotatable bonds is 5. The van der Waals surface area contributed by atoms with Gasteiger partial charge in [0.2, 0.25) is 5.91 Å². The first-order valence-electron chi connectivity index (χ1n) is 7.60. The van der Waals surface area contributed by atoms with Crippen molar-refractivity contribution in [3.8, 4) is 0 Å². The number of carbonyl (C=O) groups is 3.